The van der Waals surface area contributed by atoms with Gasteiger partial charge in [-0.3, -0.25) is 4.79 Å². The van der Waals surface area contributed by atoms with Crippen LogP contribution in [0.5, 0.6) is 0 Å². The topological polar surface area (TPSA) is 90.1 Å². The van der Waals surface area contributed by atoms with Crippen LogP contribution in [0.3, 0.4) is 0 Å². The van der Waals surface area contributed by atoms with Gasteiger partial charge in [-0.05, 0) is 0 Å². The third-order valence-corrected chi connectivity index (χ3v) is 3.79. The first-order chi connectivity index (χ1) is 6.36. The summed E-state index contributed by atoms with van der Waals surface area (Å²) in [7, 11) is -3.44. The fourth-order valence-corrected chi connectivity index (χ4v) is 3.04. The quantitative estimate of drug-likeness (QED) is 0.755. The molecular formula is C7H10N2O3S2. The van der Waals surface area contributed by atoms with Gasteiger partial charge in [-0.15, -0.1) is 11.3 Å². The molecule has 0 radical (unpaired) electrons. The highest BCUT2D eigenvalue weighted by Gasteiger charge is 2.21. The number of hydrogen-bond donors (Lipinski definition) is 1. The number of Topliss-reactive ketones (excluding diaryl/α,β-unsaturated/α-hetero) is 1. The maximum absolute atomic E-state index is 11.2. The van der Waals surface area contributed by atoms with Crippen molar-refractivity contribution >= 4 is 27.0 Å². The van der Waals surface area contributed by atoms with E-state index in [1.54, 1.807) is 0 Å². The summed E-state index contributed by atoms with van der Waals surface area (Å²) in [6.07, 6.45) is 1.02. The number of ketones is 1. The molecule has 7 heteroatoms. The predicted octanol–water partition coefficient (Wildman–Crippen LogP) is 0.208. The molecule has 0 atom stereocenters. The van der Waals surface area contributed by atoms with Crippen molar-refractivity contribution in [3.05, 3.63) is 9.88 Å². The average molecular weight is 234 g/mol. The Hall–Kier alpha value is -0.790. The fraction of sp³-hybridized carbons (Fsp3) is 0.429. The molecule has 1 heterocycles. The summed E-state index contributed by atoms with van der Waals surface area (Å²) < 4.78 is 22.5. The second-order valence-electron chi connectivity index (χ2n) is 2.77. The van der Waals surface area contributed by atoms with Crippen LogP contribution < -0.4 is 5.73 Å². The molecule has 0 unspecified atom stereocenters. The molecule has 78 valence electrons. The van der Waals surface area contributed by atoms with Gasteiger partial charge in [0.15, 0.2) is 20.6 Å². The van der Waals surface area contributed by atoms with Crippen molar-refractivity contribution in [2.24, 2.45) is 5.73 Å². The van der Waals surface area contributed by atoms with Gasteiger partial charge in [0.1, 0.15) is 9.88 Å². The van der Waals surface area contributed by atoms with Gasteiger partial charge < -0.3 is 5.73 Å². The van der Waals surface area contributed by atoms with E-state index < -0.39 is 9.84 Å². The Balaban J connectivity index is 3.42. The van der Waals surface area contributed by atoms with Gasteiger partial charge in [0, 0.05) is 19.7 Å². The lowest BCUT2D eigenvalue weighted by molar-refractivity contribution is 0.101. The lowest BCUT2D eigenvalue weighted by Crippen LogP contribution is -2.04. The van der Waals surface area contributed by atoms with Crippen LogP contribution in [0, 0.1) is 0 Å². The Morgan fingerprint density at radius 1 is 1.57 bits per heavy atom. The van der Waals surface area contributed by atoms with E-state index in [0.717, 1.165) is 17.6 Å². The van der Waals surface area contributed by atoms with Crippen LogP contribution in [0.4, 0.5) is 0 Å². The standard InChI is InChI=1S/C7H10N2O3S2/c1-4(10)6-7(14(2,11)12)9-5(3-8)13-6/h3,8H2,1-2H3. The van der Waals surface area contributed by atoms with Crippen molar-refractivity contribution in [2.45, 2.75) is 18.5 Å². The summed E-state index contributed by atoms with van der Waals surface area (Å²) in [5.41, 5.74) is 5.32. The molecule has 0 fully saturated rings. The van der Waals surface area contributed by atoms with Crippen molar-refractivity contribution in [3.63, 3.8) is 0 Å². The SMILES string of the molecule is CC(=O)c1sc(CN)nc1S(C)(=O)=O. The molecule has 0 saturated heterocycles. The molecule has 0 aliphatic heterocycles. The van der Waals surface area contributed by atoms with E-state index in [9.17, 15) is 13.2 Å². The van der Waals surface area contributed by atoms with Gasteiger partial charge >= 0.3 is 0 Å². The summed E-state index contributed by atoms with van der Waals surface area (Å²) >= 11 is 1.03. The second-order valence-corrected chi connectivity index (χ2v) is 5.79. The van der Waals surface area contributed by atoms with Crippen LogP contribution in [-0.2, 0) is 16.4 Å². The highest BCUT2D eigenvalue weighted by atomic mass is 32.2. The second kappa shape index (κ2) is 3.76. The molecule has 5 nitrogen and oxygen atoms in total. The predicted molar refractivity (Wildman–Crippen MR) is 53.1 cm³/mol. The average Bonchev–Trinajstić information content (AvgIpc) is 2.46. The number of sulfone groups is 1. The van der Waals surface area contributed by atoms with E-state index in [1.807, 2.05) is 0 Å². The Morgan fingerprint density at radius 3 is 2.43 bits per heavy atom. The van der Waals surface area contributed by atoms with Gasteiger partial charge in [0.25, 0.3) is 0 Å². The highest BCUT2D eigenvalue weighted by molar-refractivity contribution is 7.90. The van der Waals surface area contributed by atoms with Crippen molar-refractivity contribution in [1.29, 1.82) is 0 Å². The maximum Gasteiger partial charge on any atom is 0.194 e. The lowest BCUT2D eigenvalue weighted by atomic mass is 10.4. The Kier molecular flexibility index (Phi) is 3.03. The number of aromatic nitrogens is 1. The first-order valence-electron chi connectivity index (χ1n) is 3.77. The Labute approximate surface area is 85.9 Å². The van der Waals surface area contributed by atoms with E-state index in [4.69, 9.17) is 5.73 Å². The molecule has 0 amide bonds. The van der Waals surface area contributed by atoms with Crippen molar-refractivity contribution < 1.29 is 13.2 Å². The number of hydrogen-bond acceptors (Lipinski definition) is 6. The summed E-state index contributed by atoms with van der Waals surface area (Å²) in [6, 6.07) is 0. The van der Waals surface area contributed by atoms with Crippen LogP contribution in [0.15, 0.2) is 5.03 Å². The zero-order chi connectivity index (χ0) is 10.9. The van der Waals surface area contributed by atoms with E-state index in [0.29, 0.717) is 5.01 Å². The number of carbonyl (C=O) groups excluding carboxylic acids is 1. The number of rotatable bonds is 3. The van der Waals surface area contributed by atoms with Crippen LogP contribution in [-0.4, -0.2) is 25.4 Å². The van der Waals surface area contributed by atoms with Gasteiger partial charge in [0.2, 0.25) is 0 Å². The molecular weight excluding hydrogens is 224 g/mol. The smallest absolute Gasteiger partial charge is 0.194 e. The minimum absolute atomic E-state index is 0.139. The van der Waals surface area contributed by atoms with E-state index >= 15 is 0 Å². The maximum atomic E-state index is 11.2. The monoisotopic (exact) mass is 234 g/mol. The Morgan fingerprint density at radius 2 is 2.14 bits per heavy atom. The van der Waals surface area contributed by atoms with Gasteiger partial charge in [-0.1, -0.05) is 0 Å². The molecule has 2 N–H and O–H groups in total. The number of nitrogens with two attached hydrogens (primary N) is 1. The summed E-state index contributed by atoms with van der Waals surface area (Å²) in [5, 5.41) is 0.297. The van der Waals surface area contributed by atoms with Crippen LogP contribution in [0.1, 0.15) is 21.6 Å². The number of thiazole rings is 1. The largest absolute Gasteiger partial charge is 0.325 e. The number of carbonyl (C=O) groups is 1. The van der Waals surface area contributed by atoms with Gasteiger partial charge in [0.05, 0.1) is 0 Å². The van der Waals surface area contributed by atoms with Crippen LogP contribution >= 0.6 is 11.3 Å². The van der Waals surface area contributed by atoms with E-state index in [1.165, 1.54) is 6.92 Å². The summed E-state index contributed by atoms with van der Waals surface area (Å²) in [4.78, 5) is 15.1. The fourth-order valence-electron chi connectivity index (χ4n) is 0.909. The normalized spacial score (nSPS) is 11.6. The molecule has 0 aliphatic carbocycles. The lowest BCUT2D eigenvalue weighted by Gasteiger charge is -1.93. The minimum Gasteiger partial charge on any atom is -0.325 e. The molecule has 1 aromatic heterocycles. The molecule has 14 heavy (non-hydrogen) atoms. The van der Waals surface area contributed by atoms with Crippen molar-refractivity contribution in [2.75, 3.05) is 6.26 Å². The van der Waals surface area contributed by atoms with E-state index in [-0.39, 0.29) is 22.2 Å². The first kappa shape index (κ1) is 11.3. The summed E-state index contributed by atoms with van der Waals surface area (Å²) in [5.74, 6) is -0.303. The zero-order valence-electron chi connectivity index (χ0n) is 7.77. The van der Waals surface area contributed by atoms with Gasteiger partial charge in [-0.2, -0.15) is 0 Å². The molecule has 0 aromatic carbocycles. The van der Waals surface area contributed by atoms with Crippen molar-refractivity contribution in [3.8, 4) is 0 Å². The van der Waals surface area contributed by atoms with Crippen LogP contribution in [0.2, 0.25) is 0 Å². The number of nitrogens with zero attached hydrogens (tertiary/aromatic N) is 1. The molecule has 1 aromatic rings. The molecule has 1 rings (SSSR count). The molecule has 0 saturated carbocycles. The van der Waals surface area contributed by atoms with Gasteiger partial charge in [-0.25, -0.2) is 13.4 Å². The van der Waals surface area contributed by atoms with Crippen molar-refractivity contribution in [1.82, 2.24) is 4.98 Å². The van der Waals surface area contributed by atoms with E-state index in [2.05, 4.69) is 4.98 Å². The zero-order valence-corrected chi connectivity index (χ0v) is 9.41. The third kappa shape index (κ3) is 2.17. The molecule has 0 bridgehead atoms. The third-order valence-electron chi connectivity index (χ3n) is 1.49. The highest BCUT2D eigenvalue weighted by Crippen LogP contribution is 2.22. The Bertz CT molecular complexity index is 461. The first-order valence-corrected chi connectivity index (χ1v) is 6.48. The summed E-state index contributed by atoms with van der Waals surface area (Å²) in [6.45, 7) is 1.45. The minimum atomic E-state index is -3.44. The van der Waals surface area contributed by atoms with Crippen LogP contribution in [0.25, 0.3) is 0 Å². The molecule has 0 spiro atoms. The molecule has 0 aliphatic rings.